The van der Waals surface area contributed by atoms with Gasteiger partial charge in [0, 0.05) is 13.1 Å². The van der Waals surface area contributed by atoms with Crippen molar-refractivity contribution in [1.29, 1.82) is 0 Å². The van der Waals surface area contributed by atoms with Gasteiger partial charge in [-0.15, -0.1) is 0 Å². The van der Waals surface area contributed by atoms with Gasteiger partial charge in [0.25, 0.3) is 5.91 Å². The third-order valence-corrected chi connectivity index (χ3v) is 4.11. The van der Waals surface area contributed by atoms with E-state index in [1.807, 2.05) is 17.1 Å². The molecule has 0 saturated carbocycles. The zero-order valence-corrected chi connectivity index (χ0v) is 8.64. The number of amides is 1. The monoisotopic (exact) mass is 208 g/mol. The number of hydrogen-bond donors (Lipinski definition) is 1. The summed E-state index contributed by atoms with van der Waals surface area (Å²) in [5.41, 5.74) is 7.04. The van der Waals surface area contributed by atoms with Crippen LogP contribution < -0.4 is 5.73 Å². The van der Waals surface area contributed by atoms with Gasteiger partial charge in [-0.05, 0) is 30.6 Å². The van der Waals surface area contributed by atoms with E-state index in [0.29, 0.717) is 0 Å². The highest BCUT2D eigenvalue weighted by atomic mass is 32.2. The van der Waals surface area contributed by atoms with Crippen molar-refractivity contribution in [2.75, 3.05) is 13.1 Å². The molecule has 0 radical (unpaired) electrons. The van der Waals surface area contributed by atoms with Crippen LogP contribution in [0.3, 0.4) is 0 Å². The molecule has 3 aliphatic rings. The molecule has 0 aromatic heterocycles. The lowest BCUT2D eigenvalue weighted by Crippen LogP contribution is -2.29. The Hall–Kier alpha value is -0.740. The molecule has 4 heteroatoms. The lowest BCUT2D eigenvalue weighted by Gasteiger charge is -2.16. The van der Waals surface area contributed by atoms with E-state index in [4.69, 9.17) is 5.73 Å². The van der Waals surface area contributed by atoms with Crippen molar-refractivity contribution in [2.45, 2.75) is 17.7 Å². The molecule has 2 aliphatic heterocycles. The number of carbonyl (C=O) groups excluding carboxylic acids is 1. The second-order valence-electron chi connectivity index (χ2n) is 4.00. The fourth-order valence-corrected chi connectivity index (χ4v) is 3.10. The van der Waals surface area contributed by atoms with E-state index in [9.17, 15) is 4.79 Å². The average molecular weight is 208 g/mol. The topological polar surface area (TPSA) is 46.3 Å². The summed E-state index contributed by atoms with van der Waals surface area (Å²) in [7, 11) is 0. The summed E-state index contributed by atoms with van der Waals surface area (Å²) in [5.74, 6) is 0.172. The van der Waals surface area contributed by atoms with E-state index in [2.05, 4.69) is 0 Å². The first kappa shape index (κ1) is 8.56. The number of thioether (sulfide) groups is 1. The summed E-state index contributed by atoms with van der Waals surface area (Å²) < 4.78 is 0. The molecule has 2 N–H and O–H groups in total. The Morgan fingerprint density at radius 3 is 2.79 bits per heavy atom. The highest BCUT2D eigenvalue weighted by molar-refractivity contribution is 8.06. The van der Waals surface area contributed by atoms with Crippen molar-refractivity contribution >= 4 is 17.7 Å². The van der Waals surface area contributed by atoms with Gasteiger partial charge >= 0.3 is 0 Å². The quantitative estimate of drug-likeness (QED) is 0.694. The van der Waals surface area contributed by atoms with Crippen molar-refractivity contribution in [3.63, 3.8) is 0 Å². The van der Waals surface area contributed by atoms with Crippen LogP contribution >= 0.6 is 11.8 Å². The van der Waals surface area contributed by atoms with Gasteiger partial charge in [0.2, 0.25) is 0 Å². The number of likely N-dealkylation sites (tertiary alicyclic amines) is 1. The SMILES string of the molecule is NC12C=C1C=C(C(=O)N1CCCC1)S2. The Morgan fingerprint density at radius 1 is 1.50 bits per heavy atom. The van der Waals surface area contributed by atoms with Crippen LogP contribution in [-0.2, 0) is 4.79 Å². The largest absolute Gasteiger partial charge is 0.338 e. The molecule has 1 fully saturated rings. The number of nitrogens with two attached hydrogens (primary N) is 1. The summed E-state index contributed by atoms with van der Waals surface area (Å²) in [6, 6.07) is 0. The minimum atomic E-state index is -0.315. The molecule has 1 saturated heterocycles. The molecular weight excluding hydrogens is 196 g/mol. The second kappa shape index (κ2) is 2.64. The van der Waals surface area contributed by atoms with Gasteiger partial charge in [-0.1, -0.05) is 11.8 Å². The summed E-state index contributed by atoms with van der Waals surface area (Å²) >= 11 is 1.49. The summed E-state index contributed by atoms with van der Waals surface area (Å²) in [4.78, 5) is 14.3. The van der Waals surface area contributed by atoms with E-state index in [1.165, 1.54) is 11.8 Å². The van der Waals surface area contributed by atoms with Gasteiger partial charge in [-0.2, -0.15) is 0 Å². The number of nitrogens with zero attached hydrogens (tertiary/aromatic N) is 1. The minimum absolute atomic E-state index is 0.172. The van der Waals surface area contributed by atoms with Crippen LogP contribution in [-0.4, -0.2) is 28.8 Å². The molecule has 2 heterocycles. The Balaban J connectivity index is 1.74. The highest BCUT2D eigenvalue weighted by Crippen LogP contribution is 2.53. The lowest BCUT2D eigenvalue weighted by molar-refractivity contribution is -0.125. The Bertz CT molecular complexity index is 368. The van der Waals surface area contributed by atoms with Crippen molar-refractivity contribution in [1.82, 2.24) is 4.90 Å². The average Bonchev–Trinajstić information content (AvgIpc) is 2.64. The predicted octanol–water partition coefficient (Wildman–Crippen LogP) is 0.834. The normalized spacial score (nSPS) is 33.9. The van der Waals surface area contributed by atoms with Gasteiger partial charge in [0.15, 0.2) is 0 Å². The molecule has 0 aromatic carbocycles. The van der Waals surface area contributed by atoms with Crippen LogP contribution in [0.4, 0.5) is 0 Å². The van der Waals surface area contributed by atoms with E-state index in [0.717, 1.165) is 36.4 Å². The zero-order valence-electron chi connectivity index (χ0n) is 7.82. The minimum Gasteiger partial charge on any atom is -0.338 e. The van der Waals surface area contributed by atoms with Crippen LogP contribution in [0.5, 0.6) is 0 Å². The first-order chi connectivity index (χ1) is 6.69. The van der Waals surface area contributed by atoms with Crippen LogP contribution in [0.25, 0.3) is 0 Å². The predicted molar refractivity (Wildman–Crippen MR) is 56.5 cm³/mol. The van der Waals surface area contributed by atoms with E-state index in [1.54, 1.807) is 0 Å². The third kappa shape index (κ3) is 1.14. The van der Waals surface area contributed by atoms with Gasteiger partial charge in [-0.25, -0.2) is 0 Å². The number of fused-ring (bicyclic) bond motifs is 1. The van der Waals surface area contributed by atoms with Crippen LogP contribution in [0.2, 0.25) is 0 Å². The first-order valence-corrected chi connectivity index (χ1v) is 5.73. The van der Waals surface area contributed by atoms with Crippen LogP contribution in [0.15, 0.2) is 22.6 Å². The molecule has 14 heavy (non-hydrogen) atoms. The second-order valence-corrected chi connectivity index (χ2v) is 5.32. The summed E-state index contributed by atoms with van der Waals surface area (Å²) in [6.45, 7) is 1.82. The van der Waals surface area contributed by atoms with Crippen molar-refractivity contribution in [2.24, 2.45) is 5.73 Å². The molecule has 1 atom stereocenters. The number of hydrogen-bond acceptors (Lipinski definition) is 3. The molecular formula is C10H12N2OS. The van der Waals surface area contributed by atoms with E-state index >= 15 is 0 Å². The molecule has 74 valence electrons. The van der Waals surface area contributed by atoms with Gasteiger partial charge in [0.1, 0.15) is 4.87 Å². The molecule has 0 bridgehead atoms. The maximum absolute atomic E-state index is 11.9. The smallest absolute Gasteiger partial charge is 0.260 e. The van der Waals surface area contributed by atoms with Crippen molar-refractivity contribution in [3.05, 3.63) is 22.6 Å². The van der Waals surface area contributed by atoms with Crippen LogP contribution in [0.1, 0.15) is 12.8 Å². The first-order valence-electron chi connectivity index (χ1n) is 4.91. The van der Waals surface area contributed by atoms with Crippen LogP contribution in [0, 0.1) is 0 Å². The summed E-state index contributed by atoms with van der Waals surface area (Å²) in [6.07, 6.45) is 6.21. The molecule has 1 aliphatic carbocycles. The molecule has 3 nitrogen and oxygen atoms in total. The molecule has 3 rings (SSSR count). The lowest BCUT2D eigenvalue weighted by atomic mass is 10.3. The maximum Gasteiger partial charge on any atom is 0.260 e. The molecule has 0 aromatic rings. The van der Waals surface area contributed by atoms with E-state index < -0.39 is 0 Å². The highest BCUT2D eigenvalue weighted by Gasteiger charge is 2.47. The van der Waals surface area contributed by atoms with E-state index in [-0.39, 0.29) is 10.8 Å². The van der Waals surface area contributed by atoms with Gasteiger partial charge in [-0.3, -0.25) is 4.79 Å². The Labute approximate surface area is 87.0 Å². The standard InChI is InChI=1S/C10H12N2OS/c11-10-6-7(10)5-8(14-10)9(13)12-3-1-2-4-12/h5-6H,1-4,11H2. The zero-order chi connectivity index (χ0) is 9.76. The molecule has 1 amide bonds. The third-order valence-electron chi connectivity index (χ3n) is 2.91. The fourth-order valence-electron chi connectivity index (χ4n) is 1.97. The Morgan fingerprint density at radius 2 is 2.21 bits per heavy atom. The summed E-state index contributed by atoms with van der Waals surface area (Å²) in [5, 5.41) is 0. The number of rotatable bonds is 1. The molecule has 0 spiro atoms. The number of carbonyl (C=O) groups is 1. The van der Waals surface area contributed by atoms with Crippen molar-refractivity contribution < 1.29 is 4.79 Å². The van der Waals surface area contributed by atoms with Gasteiger partial charge in [0.05, 0.1) is 4.91 Å². The van der Waals surface area contributed by atoms with Crippen molar-refractivity contribution in [3.8, 4) is 0 Å². The maximum atomic E-state index is 11.9. The fraction of sp³-hybridized carbons (Fsp3) is 0.500. The molecule has 1 unspecified atom stereocenters. The Kier molecular flexibility index (Phi) is 1.61. The van der Waals surface area contributed by atoms with Gasteiger partial charge < -0.3 is 10.6 Å².